The smallest absolute Gasteiger partial charge is 0.284 e. The molecule has 0 aliphatic carbocycles. The van der Waals surface area contributed by atoms with E-state index < -0.39 is 4.92 Å². The maximum atomic E-state index is 12.2. The van der Waals surface area contributed by atoms with Gasteiger partial charge in [-0.15, -0.1) is 0 Å². The zero-order chi connectivity index (χ0) is 12.7. The second-order valence-electron chi connectivity index (χ2n) is 3.83. The molecule has 0 saturated heterocycles. The number of hydrogen-bond acceptors (Lipinski definition) is 4. The summed E-state index contributed by atoms with van der Waals surface area (Å²) in [7, 11) is 0. The molecule has 0 bridgehead atoms. The molecule has 1 aromatic heterocycles. The molecule has 18 heavy (non-hydrogen) atoms. The van der Waals surface area contributed by atoms with Gasteiger partial charge in [0.1, 0.15) is 16.6 Å². The van der Waals surface area contributed by atoms with Crippen LogP contribution in [0.4, 0.5) is 5.69 Å². The lowest BCUT2D eigenvalue weighted by molar-refractivity contribution is -0.383. The number of nitro benzene ring substituents is 1. The van der Waals surface area contributed by atoms with E-state index in [0.29, 0.717) is 11.0 Å². The number of para-hydroxylation sites is 1. The van der Waals surface area contributed by atoms with Crippen LogP contribution in [0.5, 0.6) is 0 Å². The third-order valence-electron chi connectivity index (χ3n) is 2.78. The highest BCUT2D eigenvalue weighted by Crippen LogP contribution is 2.25. The minimum Gasteiger partial charge on any atom is -0.456 e. The second kappa shape index (κ2) is 3.66. The lowest BCUT2D eigenvalue weighted by atomic mass is 10.1. The van der Waals surface area contributed by atoms with E-state index >= 15 is 0 Å². The van der Waals surface area contributed by atoms with E-state index in [1.165, 1.54) is 12.1 Å². The summed E-state index contributed by atoms with van der Waals surface area (Å²) in [6, 6.07) is 11.0. The van der Waals surface area contributed by atoms with Gasteiger partial charge >= 0.3 is 0 Å². The zero-order valence-corrected chi connectivity index (χ0v) is 9.12. The van der Waals surface area contributed by atoms with Crippen molar-refractivity contribution in [3.8, 4) is 0 Å². The van der Waals surface area contributed by atoms with E-state index in [1.807, 2.05) is 0 Å². The molecule has 0 N–H and O–H groups in total. The molecule has 88 valence electrons. The summed E-state index contributed by atoms with van der Waals surface area (Å²) in [6.07, 6.45) is 0. The Morgan fingerprint density at radius 3 is 2.50 bits per heavy atom. The lowest BCUT2D eigenvalue weighted by Gasteiger charge is -2.01. The molecule has 0 atom stereocenters. The number of hydrogen-bond donors (Lipinski definition) is 0. The first-order valence-corrected chi connectivity index (χ1v) is 5.27. The van der Waals surface area contributed by atoms with Gasteiger partial charge in [-0.3, -0.25) is 14.9 Å². The second-order valence-corrected chi connectivity index (χ2v) is 3.83. The van der Waals surface area contributed by atoms with Crippen molar-refractivity contribution in [2.24, 2.45) is 0 Å². The molecule has 3 rings (SSSR count). The summed E-state index contributed by atoms with van der Waals surface area (Å²) >= 11 is 0. The van der Waals surface area contributed by atoms with Gasteiger partial charge in [0.25, 0.3) is 5.69 Å². The third kappa shape index (κ3) is 1.37. The fourth-order valence-electron chi connectivity index (χ4n) is 1.98. The molecule has 0 saturated carbocycles. The van der Waals surface area contributed by atoms with Gasteiger partial charge in [0, 0.05) is 6.07 Å². The van der Waals surface area contributed by atoms with E-state index in [1.54, 1.807) is 30.3 Å². The summed E-state index contributed by atoms with van der Waals surface area (Å²) in [5, 5.41) is 11.3. The van der Waals surface area contributed by atoms with Crippen molar-refractivity contribution >= 4 is 27.6 Å². The fourth-order valence-corrected chi connectivity index (χ4v) is 1.98. The summed E-state index contributed by atoms with van der Waals surface area (Å²) < 4.78 is 5.51. The van der Waals surface area contributed by atoms with Gasteiger partial charge in [-0.05, 0) is 18.2 Å². The molecular weight excluding hydrogens is 234 g/mol. The minimum absolute atomic E-state index is 0.0150. The first kappa shape index (κ1) is 10.5. The molecule has 1 heterocycles. The van der Waals surface area contributed by atoms with Crippen LogP contribution in [-0.2, 0) is 0 Å². The summed E-state index contributed by atoms with van der Waals surface area (Å²) in [5.74, 6) is 0. The summed E-state index contributed by atoms with van der Waals surface area (Å²) in [4.78, 5) is 22.6. The summed E-state index contributed by atoms with van der Waals surface area (Å²) in [5.41, 5.74) is 0.0505. The van der Waals surface area contributed by atoms with Gasteiger partial charge in [0.15, 0.2) is 0 Å². The van der Waals surface area contributed by atoms with Gasteiger partial charge in [0.2, 0.25) is 5.43 Å². The number of benzene rings is 2. The molecule has 2 aromatic carbocycles. The van der Waals surface area contributed by atoms with Crippen molar-refractivity contribution in [2.45, 2.75) is 0 Å². The third-order valence-corrected chi connectivity index (χ3v) is 2.78. The van der Waals surface area contributed by atoms with Crippen LogP contribution in [0.1, 0.15) is 0 Å². The Kier molecular flexibility index (Phi) is 2.13. The average molecular weight is 241 g/mol. The predicted molar refractivity (Wildman–Crippen MR) is 66.6 cm³/mol. The van der Waals surface area contributed by atoms with Gasteiger partial charge in [-0.1, -0.05) is 18.2 Å². The topological polar surface area (TPSA) is 73.3 Å². The van der Waals surface area contributed by atoms with E-state index in [0.717, 1.165) is 0 Å². The Morgan fingerprint density at radius 2 is 1.72 bits per heavy atom. The number of fused-ring (bicyclic) bond motifs is 2. The highest BCUT2D eigenvalue weighted by Gasteiger charge is 2.17. The van der Waals surface area contributed by atoms with Crippen molar-refractivity contribution < 1.29 is 9.34 Å². The van der Waals surface area contributed by atoms with Crippen LogP contribution >= 0.6 is 0 Å². The predicted octanol–water partition coefficient (Wildman–Crippen LogP) is 2.85. The maximum Gasteiger partial charge on any atom is 0.284 e. The molecule has 0 radical (unpaired) electrons. The largest absolute Gasteiger partial charge is 0.456 e. The molecule has 0 amide bonds. The Balaban J connectivity index is 2.61. The standard InChI is InChI=1S/C13H7NO4/c15-13-8-4-1-2-6-10(8)18-11-7-3-5-9(12(11)13)14(16)17/h1-7H. The Labute approximate surface area is 100 Å². The SMILES string of the molecule is O=c1c2ccccc2oc2cccc([N+](=O)[O-])c12. The van der Waals surface area contributed by atoms with Gasteiger partial charge < -0.3 is 4.42 Å². The van der Waals surface area contributed by atoms with Crippen LogP contribution in [0.25, 0.3) is 21.9 Å². The molecular formula is C13H7NO4. The van der Waals surface area contributed by atoms with Gasteiger partial charge in [-0.2, -0.15) is 0 Å². The molecule has 0 aliphatic heterocycles. The molecule has 0 spiro atoms. The summed E-state index contributed by atoms with van der Waals surface area (Å²) in [6.45, 7) is 0. The van der Waals surface area contributed by atoms with Gasteiger partial charge in [0.05, 0.1) is 10.3 Å². The number of non-ortho nitro benzene ring substituents is 1. The normalized spacial score (nSPS) is 10.9. The highest BCUT2D eigenvalue weighted by molar-refractivity contribution is 5.94. The van der Waals surface area contributed by atoms with Crippen LogP contribution < -0.4 is 5.43 Å². The van der Waals surface area contributed by atoms with E-state index in [9.17, 15) is 14.9 Å². The van der Waals surface area contributed by atoms with Crippen molar-refractivity contribution in [1.82, 2.24) is 0 Å². The van der Waals surface area contributed by atoms with Crippen LogP contribution in [0.15, 0.2) is 51.7 Å². The minimum atomic E-state index is -0.575. The molecule has 0 fully saturated rings. The molecule has 5 heteroatoms. The first-order valence-electron chi connectivity index (χ1n) is 5.27. The van der Waals surface area contributed by atoms with E-state index in [-0.39, 0.29) is 22.1 Å². The molecule has 0 unspecified atom stereocenters. The Bertz CT molecular complexity index is 835. The van der Waals surface area contributed by atoms with Crippen LogP contribution in [0.3, 0.4) is 0 Å². The van der Waals surface area contributed by atoms with Crippen LogP contribution in [-0.4, -0.2) is 4.92 Å². The zero-order valence-electron chi connectivity index (χ0n) is 9.12. The average Bonchev–Trinajstić information content (AvgIpc) is 2.38. The number of nitrogens with zero attached hydrogens (tertiary/aromatic N) is 1. The monoisotopic (exact) mass is 241 g/mol. The van der Waals surface area contributed by atoms with Crippen molar-refractivity contribution in [3.63, 3.8) is 0 Å². The highest BCUT2D eigenvalue weighted by atomic mass is 16.6. The molecule has 3 aromatic rings. The first-order chi connectivity index (χ1) is 8.68. The van der Waals surface area contributed by atoms with E-state index in [4.69, 9.17) is 4.42 Å². The quantitative estimate of drug-likeness (QED) is 0.373. The lowest BCUT2D eigenvalue weighted by Crippen LogP contribution is -2.04. The molecule has 5 nitrogen and oxygen atoms in total. The number of nitro groups is 1. The molecule has 0 aliphatic rings. The van der Waals surface area contributed by atoms with Crippen LogP contribution in [0, 0.1) is 10.1 Å². The number of rotatable bonds is 1. The van der Waals surface area contributed by atoms with Crippen molar-refractivity contribution in [2.75, 3.05) is 0 Å². The Hall–Kier alpha value is -2.69. The van der Waals surface area contributed by atoms with Crippen molar-refractivity contribution in [1.29, 1.82) is 0 Å². The van der Waals surface area contributed by atoms with Gasteiger partial charge in [-0.25, -0.2) is 0 Å². The fraction of sp³-hybridized carbons (Fsp3) is 0. The Morgan fingerprint density at radius 1 is 1.00 bits per heavy atom. The van der Waals surface area contributed by atoms with Crippen LogP contribution in [0.2, 0.25) is 0 Å². The van der Waals surface area contributed by atoms with E-state index in [2.05, 4.69) is 0 Å². The maximum absolute atomic E-state index is 12.2. The van der Waals surface area contributed by atoms with Crippen molar-refractivity contribution in [3.05, 3.63) is 62.8 Å².